The molecule has 0 radical (unpaired) electrons. The Morgan fingerprint density at radius 2 is 1.79 bits per heavy atom. The first-order valence-electron chi connectivity index (χ1n) is 8.08. The number of nitrogens with zero attached hydrogens (tertiary/aromatic N) is 3. The molecule has 24 heavy (non-hydrogen) atoms. The summed E-state index contributed by atoms with van der Waals surface area (Å²) in [5.74, 6) is -0.443. The van der Waals surface area contributed by atoms with Gasteiger partial charge in [-0.25, -0.2) is 4.79 Å². The lowest BCUT2D eigenvalue weighted by Crippen LogP contribution is -2.42. The van der Waals surface area contributed by atoms with E-state index >= 15 is 0 Å². The number of pyridine rings is 1. The first kappa shape index (κ1) is 16.2. The van der Waals surface area contributed by atoms with Crippen molar-refractivity contribution in [2.75, 3.05) is 0 Å². The van der Waals surface area contributed by atoms with Crippen molar-refractivity contribution >= 4 is 16.9 Å². The van der Waals surface area contributed by atoms with Gasteiger partial charge in [0.25, 0.3) is 17.0 Å². The van der Waals surface area contributed by atoms with Crippen molar-refractivity contribution in [3.05, 3.63) is 42.8 Å². The van der Waals surface area contributed by atoms with Crippen LogP contribution in [0.25, 0.3) is 11.0 Å². The Balaban J connectivity index is 2.47. The van der Waals surface area contributed by atoms with Crippen LogP contribution in [0.4, 0.5) is 0 Å². The van der Waals surface area contributed by atoms with Crippen LogP contribution in [0, 0.1) is 0 Å². The summed E-state index contributed by atoms with van der Waals surface area (Å²) in [4.78, 5) is 50.1. The van der Waals surface area contributed by atoms with E-state index in [9.17, 15) is 19.2 Å². The van der Waals surface area contributed by atoms with E-state index in [-0.39, 0.29) is 29.2 Å². The summed E-state index contributed by atoms with van der Waals surface area (Å²) in [6.45, 7) is 3.92. The van der Waals surface area contributed by atoms with Crippen LogP contribution >= 0.6 is 0 Å². The molecular formula is C16H20N4O4. The predicted molar refractivity (Wildman–Crippen MR) is 89.5 cm³/mol. The molecule has 3 rings (SSSR count). The van der Waals surface area contributed by atoms with Gasteiger partial charge in [0.05, 0.1) is 10.9 Å². The van der Waals surface area contributed by atoms with Gasteiger partial charge >= 0.3 is 5.69 Å². The van der Waals surface area contributed by atoms with E-state index in [0.717, 1.165) is 17.4 Å². The summed E-state index contributed by atoms with van der Waals surface area (Å²) in [5, 5.41) is 2.91. The summed E-state index contributed by atoms with van der Waals surface area (Å²) in [6, 6.07) is 1.29. The average Bonchev–Trinajstić information content (AvgIpc) is 3.36. The second kappa shape index (κ2) is 5.77. The molecule has 0 aliphatic heterocycles. The second-order valence-corrected chi connectivity index (χ2v) is 5.98. The monoisotopic (exact) mass is 332 g/mol. The number of hydrogen-bond acceptors (Lipinski definition) is 4. The maximum Gasteiger partial charge on any atom is 0.332 e. The van der Waals surface area contributed by atoms with Crippen LogP contribution in [0.2, 0.25) is 0 Å². The summed E-state index contributed by atoms with van der Waals surface area (Å²) in [5.41, 5.74) is -1.23. The van der Waals surface area contributed by atoms with E-state index in [1.807, 2.05) is 0 Å². The predicted octanol–water partition coefficient (Wildman–Crippen LogP) is -0.206. The van der Waals surface area contributed by atoms with Crippen LogP contribution in [0.3, 0.4) is 0 Å². The Labute approximate surface area is 137 Å². The second-order valence-electron chi connectivity index (χ2n) is 5.98. The largest absolute Gasteiger partial charge is 0.349 e. The number of carbonyl (C=O) groups excluding carboxylic acids is 1. The normalized spacial score (nSPS) is 14.1. The summed E-state index contributed by atoms with van der Waals surface area (Å²) < 4.78 is 3.67. The molecule has 2 heterocycles. The maximum atomic E-state index is 12.8. The van der Waals surface area contributed by atoms with Crippen LogP contribution < -0.4 is 22.1 Å². The fraction of sp³-hybridized carbons (Fsp3) is 0.500. The van der Waals surface area contributed by atoms with Crippen LogP contribution in [0.5, 0.6) is 0 Å². The molecule has 0 atom stereocenters. The van der Waals surface area contributed by atoms with Crippen molar-refractivity contribution in [3.8, 4) is 0 Å². The highest BCUT2D eigenvalue weighted by Gasteiger charge is 2.27. The number of carbonyl (C=O) groups is 1. The number of amides is 1. The van der Waals surface area contributed by atoms with Gasteiger partial charge in [0.1, 0.15) is 5.65 Å². The molecule has 1 aliphatic carbocycles. The third-order valence-corrected chi connectivity index (χ3v) is 4.37. The molecule has 2 aromatic heterocycles. The highest BCUT2D eigenvalue weighted by atomic mass is 16.2. The lowest BCUT2D eigenvalue weighted by Gasteiger charge is -2.16. The van der Waals surface area contributed by atoms with Gasteiger partial charge in [-0.1, -0.05) is 0 Å². The molecule has 1 N–H and O–H groups in total. The number of aromatic nitrogens is 3. The molecule has 8 heteroatoms. The Morgan fingerprint density at radius 1 is 1.17 bits per heavy atom. The van der Waals surface area contributed by atoms with Gasteiger partial charge in [-0.3, -0.25) is 28.1 Å². The Morgan fingerprint density at radius 3 is 2.33 bits per heavy atom. The quantitative estimate of drug-likeness (QED) is 0.838. The molecule has 128 valence electrons. The molecule has 1 fully saturated rings. The molecule has 8 nitrogen and oxygen atoms in total. The lowest BCUT2D eigenvalue weighted by atomic mass is 10.1. The van der Waals surface area contributed by atoms with E-state index in [2.05, 4.69) is 5.32 Å². The molecule has 0 saturated heterocycles. The Kier molecular flexibility index (Phi) is 3.90. The summed E-state index contributed by atoms with van der Waals surface area (Å²) >= 11 is 0. The molecule has 0 bridgehead atoms. The SMILES string of the molecule is CCn1c(=O)c2c(C(=O)NC3CC3)cc(=O)n(CC)c2n(C)c1=O. The summed E-state index contributed by atoms with van der Waals surface area (Å²) in [6.07, 6.45) is 1.79. The standard InChI is InChI=1S/C16H20N4O4/c1-4-19-11(21)8-10(13(22)17-9-6-7-9)12-14(19)18(3)16(24)20(5-2)15(12)23/h8-9H,4-7H2,1-3H3,(H,17,22). The minimum atomic E-state index is -0.543. The summed E-state index contributed by atoms with van der Waals surface area (Å²) in [7, 11) is 1.50. The fourth-order valence-electron chi connectivity index (χ4n) is 2.94. The van der Waals surface area contributed by atoms with Gasteiger partial charge < -0.3 is 5.32 Å². The van der Waals surface area contributed by atoms with Crippen molar-refractivity contribution in [1.82, 2.24) is 19.0 Å². The fourth-order valence-corrected chi connectivity index (χ4v) is 2.94. The van der Waals surface area contributed by atoms with Crippen molar-refractivity contribution in [3.63, 3.8) is 0 Å². The molecule has 0 unspecified atom stereocenters. The van der Waals surface area contributed by atoms with Gasteiger partial charge in [0, 0.05) is 32.2 Å². The smallest absolute Gasteiger partial charge is 0.332 e. The van der Waals surface area contributed by atoms with Gasteiger partial charge in [-0.15, -0.1) is 0 Å². The molecule has 1 aliphatic rings. The van der Waals surface area contributed by atoms with Gasteiger partial charge in [0.15, 0.2) is 0 Å². The number of hydrogen-bond donors (Lipinski definition) is 1. The number of aryl methyl sites for hydroxylation is 2. The highest BCUT2D eigenvalue weighted by molar-refractivity contribution is 6.05. The van der Waals surface area contributed by atoms with Gasteiger partial charge in [-0.05, 0) is 26.7 Å². The van der Waals surface area contributed by atoms with E-state index in [4.69, 9.17) is 0 Å². The minimum absolute atomic E-state index is 0.0365. The Hall–Kier alpha value is -2.64. The lowest BCUT2D eigenvalue weighted by molar-refractivity contribution is 0.0952. The van der Waals surface area contributed by atoms with E-state index in [1.54, 1.807) is 13.8 Å². The van der Waals surface area contributed by atoms with Gasteiger partial charge in [0.2, 0.25) is 0 Å². The molecule has 1 amide bonds. The van der Waals surface area contributed by atoms with Crippen LogP contribution in [0.15, 0.2) is 20.4 Å². The van der Waals surface area contributed by atoms with Crippen molar-refractivity contribution in [2.24, 2.45) is 7.05 Å². The maximum absolute atomic E-state index is 12.8. The zero-order valence-electron chi connectivity index (χ0n) is 14.0. The third-order valence-electron chi connectivity index (χ3n) is 4.37. The zero-order valence-corrected chi connectivity index (χ0v) is 14.0. The van der Waals surface area contributed by atoms with Gasteiger partial charge in [-0.2, -0.15) is 0 Å². The van der Waals surface area contributed by atoms with Crippen LogP contribution in [-0.4, -0.2) is 25.7 Å². The number of rotatable bonds is 4. The van der Waals surface area contributed by atoms with Crippen LogP contribution in [0.1, 0.15) is 37.0 Å². The van der Waals surface area contributed by atoms with E-state index in [0.29, 0.717) is 6.54 Å². The first-order valence-corrected chi connectivity index (χ1v) is 8.08. The van der Waals surface area contributed by atoms with Crippen molar-refractivity contribution < 1.29 is 4.79 Å². The molecular weight excluding hydrogens is 312 g/mol. The first-order chi connectivity index (χ1) is 11.4. The molecule has 0 aromatic carbocycles. The van der Waals surface area contributed by atoms with E-state index in [1.165, 1.54) is 22.2 Å². The molecule has 0 spiro atoms. The highest BCUT2D eigenvalue weighted by Crippen LogP contribution is 2.20. The number of fused-ring (bicyclic) bond motifs is 1. The topological polar surface area (TPSA) is 95.1 Å². The van der Waals surface area contributed by atoms with E-state index < -0.39 is 22.7 Å². The van der Waals surface area contributed by atoms with Crippen molar-refractivity contribution in [1.29, 1.82) is 0 Å². The van der Waals surface area contributed by atoms with Crippen molar-refractivity contribution in [2.45, 2.75) is 45.8 Å². The zero-order chi connectivity index (χ0) is 17.6. The van der Waals surface area contributed by atoms with Crippen LogP contribution in [-0.2, 0) is 20.1 Å². The minimum Gasteiger partial charge on any atom is -0.349 e. The Bertz CT molecular complexity index is 1010. The third kappa shape index (κ3) is 2.38. The number of nitrogens with one attached hydrogen (secondary N) is 1. The molecule has 1 saturated carbocycles. The average molecular weight is 332 g/mol. The molecule has 2 aromatic rings.